The molecule has 2 nitrogen and oxygen atoms in total. The minimum Gasteiger partial charge on any atom is -0.466 e. The van der Waals surface area contributed by atoms with Gasteiger partial charge in [0.2, 0.25) is 0 Å². The van der Waals surface area contributed by atoms with Crippen molar-refractivity contribution in [3.8, 4) is 0 Å². The van der Waals surface area contributed by atoms with Gasteiger partial charge in [-0.05, 0) is 12.8 Å². The normalized spacial score (nSPS) is 10.8. The van der Waals surface area contributed by atoms with Gasteiger partial charge >= 0.3 is 5.97 Å². The van der Waals surface area contributed by atoms with Gasteiger partial charge in [-0.15, -0.1) is 0 Å². The van der Waals surface area contributed by atoms with Crippen LogP contribution in [0.3, 0.4) is 0 Å². The quantitative estimate of drug-likeness (QED) is 0.243. The molecule has 0 aliphatic rings. The van der Waals surface area contributed by atoms with E-state index in [1.54, 1.807) is 0 Å². The van der Waals surface area contributed by atoms with Gasteiger partial charge in [0, 0.05) is 6.42 Å². The van der Waals surface area contributed by atoms with Crippen molar-refractivity contribution >= 4 is 5.97 Å². The Bertz CT molecular complexity index is 214. The van der Waals surface area contributed by atoms with Gasteiger partial charge < -0.3 is 4.74 Å². The summed E-state index contributed by atoms with van der Waals surface area (Å²) in [4.78, 5) is 11.3. The van der Waals surface area contributed by atoms with Crippen molar-refractivity contribution in [3.05, 3.63) is 0 Å². The average Bonchev–Trinajstić information content (AvgIpc) is 2.49. The van der Waals surface area contributed by atoms with Crippen LogP contribution in [-0.4, -0.2) is 12.6 Å². The van der Waals surface area contributed by atoms with Crippen molar-refractivity contribution in [2.75, 3.05) is 6.61 Å². The van der Waals surface area contributed by atoms with E-state index in [-0.39, 0.29) is 5.97 Å². The van der Waals surface area contributed by atoms with Gasteiger partial charge in [-0.1, -0.05) is 90.9 Å². The molecule has 0 aliphatic heterocycles. The Morgan fingerprint density at radius 1 is 0.619 bits per heavy atom. The highest BCUT2D eigenvalue weighted by atomic mass is 16.5. The van der Waals surface area contributed by atoms with Crippen LogP contribution < -0.4 is 0 Å². The summed E-state index contributed by atoms with van der Waals surface area (Å²) in [6, 6.07) is 0. The molecule has 2 heteroatoms. The maximum Gasteiger partial charge on any atom is 0.305 e. The first-order valence-corrected chi connectivity index (χ1v) is 9.46. The van der Waals surface area contributed by atoms with Gasteiger partial charge in [-0.25, -0.2) is 0 Å². The van der Waals surface area contributed by atoms with Crippen LogP contribution in [0.25, 0.3) is 0 Å². The van der Waals surface area contributed by atoms with Gasteiger partial charge in [-0.3, -0.25) is 4.79 Å². The standard InChI is InChI=1S/C19H38O2/c1-3-5-7-8-9-10-11-12-13-14-15-16-18-21-19(20)17-6-4-2/h3-18H2,1-2H3. The molecule has 0 atom stereocenters. The van der Waals surface area contributed by atoms with Crippen LogP contribution in [0.2, 0.25) is 0 Å². The fraction of sp³-hybridized carbons (Fsp3) is 0.947. The van der Waals surface area contributed by atoms with Gasteiger partial charge in [0.15, 0.2) is 0 Å². The van der Waals surface area contributed by atoms with E-state index in [0.717, 1.165) is 19.3 Å². The van der Waals surface area contributed by atoms with E-state index in [9.17, 15) is 4.79 Å². The Labute approximate surface area is 133 Å². The largest absolute Gasteiger partial charge is 0.466 e. The fourth-order valence-corrected chi connectivity index (χ4v) is 2.52. The number of carbonyl (C=O) groups is 1. The fourth-order valence-electron chi connectivity index (χ4n) is 2.52. The summed E-state index contributed by atoms with van der Waals surface area (Å²) in [7, 11) is 0. The van der Waals surface area contributed by atoms with E-state index in [1.165, 1.54) is 70.6 Å². The van der Waals surface area contributed by atoms with Gasteiger partial charge in [-0.2, -0.15) is 0 Å². The lowest BCUT2D eigenvalue weighted by molar-refractivity contribution is -0.143. The number of unbranched alkanes of at least 4 members (excludes halogenated alkanes) is 12. The summed E-state index contributed by atoms with van der Waals surface area (Å²) in [5.41, 5.74) is 0. The zero-order valence-electron chi connectivity index (χ0n) is 14.6. The zero-order chi connectivity index (χ0) is 15.6. The Balaban J connectivity index is 3.04. The molecule has 126 valence electrons. The van der Waals surface area contributed by atoms with Gasteiger partial charge in [0.25, 0.3) is 0 Å². The maximum absolute atomic E-state index is 11.3. The summed E-state index contributed by atoms with van der Waals surface area (Å²) >= 11 is 0. The molecule has 0 heterocycles. The van der Waals surface area contributed by atoms with Crippen LogP contribution in [0.15, 0.2) is 0 Å². The van der Waals surface area contributed by atoms with Crippen molar-refractivity contribution in [3.63, 3.8) is 0 Å². The number of ether oxygens (including phenoxy) is 1. The first-order chi connectivity index (χ1) is 10.3. The topological polar surface area (TPSA) is 26.3 Å². The Kier molecular flexibility index (Phi) is 17.1. The number of esters is 1. The molecule has 0 rings (SSSR count). The van der Waals surface area contributed by atoms with Crippen LogP contribution in [0.4, 0.5) is 0 Å². The second-order valence-corrected chi connectivity index (χ2v) is 6.21. The van der Waals surface area contributed by atoms with Crippen molar-refractivity contribution < 1.29 is 9.53 Å². The molecule has 0 aromatic carbocycles. The smallest absolute Gasteiger partial charge is 0.305 e. The lowest BCUT2D eigenvalue weighted by Gasteiger charge is -2.05. The number of hydrogen-bond donors (Lipinski definition) is 0. The van der Waals surface area contributed by atoms with Crippen molar-refractivity contribution in [2.24, 2.45) is 0 Å². The molecule has 0 bridgehead atoms. The average molecular weight is 299 g/mol. The van der Waals surface area contributed by atoms with E-state index < -0.39 is 0 Å². The first kappa shape index (κ1) is 20.5. The predicted molar refractivity (Wildman–Crippen MR) is 91.6 cm³/mol. The third-order valence-electron chi connectivity index (χ3n) is 4.00. The summed E-state index contributed by atoms with van der Waals surface area (Å²) in [5.74, 6) is -0.0140. The zero-order valence-corrected chi connectivity index (χ0v) is 14.6. The molecule has 0 spiro atoms. The Morgan fingerprint density at radius 3 is 1.52 bits per heavy atom. The number of rotatable bonds is 16. The van der Waals surface area contributed by atoms with Crippen molar-refractivity contribution in [1.82, 2.24) is 0 Å². The highest BCUT2D eigenvalue weighted by molar-refractivity contribution is 5.69. The lowest BCUT2D eigenvalue weighted by atomic mass is 10.1. The second kappa shape index (κ2) is 17.5. The van der Waals surface area contributed by atoms with Gasteiger partial charge in [0.05, 0.1) is 6.61 Å². The van der Waals surface area contributed by atoms with Crippen molar-refractivity contribution in [2.45, 2.75) is 110 Å². The first-order valence-electron chi connectivity index (χ1n) is 9.46. The molecule has 0 amide bonds. The molecule has 0 aromatic rings. The third-order valence-corrected chi connectivity index (χ3v) is 4.00. The van der Waals surface area contributed by atoms with E-state index >= 15 is 0 Å². The molecule has 0 saturated heterocycles. The van der Waals surface area contributed by atoms with E-state index in [1.807, 2.05) is 0 Å². The highest BCUT2D eigenvalue weighted by Gasteiger charge is 2.00. The monoisotopic (exact) mass is 298 g/mol. The summed E-state index contributed by atoms with van der Waals surface area (Å²) in [6.07, 6.45) is 18.7. The van der Waals surface area contributed by atoms with Crippen molar-refractivity contribution in [1.29, 1.82) is 0 Å². The number of hydrogen-bond acceptors (Lipinski definition) is 2. The van der Waals surface area contributed by atoms with E-state index in [2.05, 4.69) is 13.8 Å². The molecule has 0 saturated carbocycles. The third kappa shape index (κ3) is 17.4. The SMILES string of the molecule is CCCCCCCCCCCCCCOC(=O)CCCC. The molecule has 0 aromatic heterocycles. The second-order valence-electron chi connectivity index (χ2n) is 6.21. The molecule has 21 heavy (non-hydrogen) atoms. The van der Waals surface area contributed by atoms with Crippen LogP contribution in [0.5, 0.6) is 0 Å². The molecular weight excluding hydrogens is 260 g/mol. The van der Waals surface area contributed by atoms with E-state index in [4.69, 9.17) is 4.74 Å². The van der Waals surface area contributed by atoms with Crippen LogP contribution in [-0.2, 0) is 9.53 Å². The summed E-state index contributed by atoms with van der Waals surface area (Å²) in [6.45, 7) is 4.99. The van der Waals surface area contributed by atoms with Gasteiger partial charge in [0.1, 0.15) is 0 Å². The van der Waals surface area contributed by atoms with E-state index in [0.29, 0.717) is 13.0 Å². The molecule has 0 fully saturated rings. The lowest BCUT2D eigenvalue weighted by Crippen LogP contribution is -2.05. The van der Waals surface area contributed by atoms with Crippen LogP contribution in [0.1, 0.15) is 110 Å². The molecular formula is C19H38O2. The van der Waals surface area contributed by atoms with Crippen LogP contribution in [0, 0.1) is 0 Å². The Hall–Kier alpha value is -0.530. The highest BCUT2D eigenvalue weighted by Crippen LogP contribution is 2.12. The maximum atomic E-state index is 11.3. The Morgan fingerprint density at radius 2 is 1.05 bits per heavy atom. The summed E-state index contributed by atoms with van der Waals surface area (Å²) < 4.78 is 5.20. The summed E-state index contributed by atoms with van der Waals surface area (Å²) in [5, 5.41) is 0. The predicted octanol–water partition coefficient (Wildman–Crippen LogP) is 6.42. The molecule has 0 radical (unpaired) electrons. The minimum absolute atomic E-state index is 0.0140. The van der Waals surface area contributed by atoms with Crippen LogP contribution >= 0.6 is 0 Å². The molecule has 0 aliphatic carbocycles. The number of carbonyl (C=O) groups excluding carboxylic acids is 1. The molecule has 0 unspecified atom stereocenters. The molecule has 0 N–H and O–H groups in total. The minimum atomic E-state index is -0.0140.